The molecule has 1 heterocycles. The molecule has 7 nitrogen and oxygen atoms in total. The van der Waals surface area contributed by atoms with Gasteiger partial charge in [-0.15, -0.1) is 0 Å². The van der Waals surface area contributed by atoms with Gasteiger partial charge >= 0.3 is 0 Å². The van der Waals surface area contributed by atoms with Crippen molar-refractivity contribution in [3.8, 4) is 0 Å². The van der Waals surface area contributed by atoms with Gasteiger partial charge in [0.25, 0.3) is 0 Å². The number of nitrogens with zero attached hydrogens (tertiary/aromatic N) is 2. The van der Waals surface area contributed by atoms with Gasteiger partial charge in [0.2, 0.25) is 15.9 Å². The zero-order chi connectivity index (χ0) is 14.4. The van der Waals surface area contributed by atoms with Gasteiger partial charge in [-0.3, -0.25) is 0 Å². The molecule has 8 heteroatoms. The van der Waals surface area contributed by atoms with E-state index >= 15 is 0 Å². The van der Waals surface area contributed by atoms with Crippen molar-refractivity contribution in [2.75, 3.05) is 13.6 Å². The standard InChI is InChI=1S/C12H16N4O3S/c1-13-8-10-3-2-4-11(7-10)20(17,18)16-6-5-12-14-9-15-19-12/h2-4,7,9,13,16H,5-6,8H2,1H3. The maximum Gasteiger partial charge on any atom is 0.240 e. The Morgan fingerprint density at radius 1 is 1.35 bits per heavy atom. The molecule has 2 aromatic rings. The molecule has 0 aliphatic heterocycles. The molecule has 0 saturated heterocycles. The molecule has 0 aliphatic carbocycles. The molecule has 2 N–H and O–H groups in total. The van der Waals surface area contributed by atoms with Crippen molar-refractivity contribution in [1.82, 2.24) is 20.2 Å². The Hall–Kier alpha value is -1.77. The molecule has 0 aliphatic rings. The van der Waals surface area contributed by atoms with Crippen LogP contribution in [0.1, 0.15) is 11.5 Å². The minimum atomic E-state index is -3.52. The average Bonchev–Trinajstić information content (AvgIpc) is 2.92. The van der Waals surface area contributed by atoms with Gasteiger partial charge in [0, 0.05) is 19.5 Å². The number of hydrogen-bond donors (Lipinski definition) is 2. The molecule has 20 heavy (non-hydrogen) atoms. The lowest BCUT2D eigenvalue weighted by Gasteiger charge is -2.07. The second kappa shape index (κ2) is 6.60. The van der Waals surface area contributed by atoms with E-state index in [4.69, 9.17) is 4.52 Å². The second-order valence-corrected chi connectivity index (χ2v) is 5.93. The van der Waals surface area contributed by atoms with Crippen molar-refractivity contribution < 1.29 is 12.9 Å². The number of nitrogens with one attached hydrogen (secondary N) is 2. The van der Waals surface area contributed by atoms with Crippen molar-refractivity contribution in [2.24, 2.45) is 0 Å². The zero-order valence-electron chi connectivity index (χ0n) is 11.0. The van der Waals surface area contributed by atoms with Crippen LogP contribution in [0.4, 0.5) is 0 Å². The Kier molecular flexibility index (Phi) is 4.83. The lowest BCUT2D eigenvalue weighted by Crippen LogP contribution is -2.26. The summed E-state index contributed by atoms with van der Waals surface area (Å²) in [7, 11) is -1.71. The third-order valence-corrected chi connectivity index (χ3v) is 4.09. The summed E-state index contributed by atoms with van der Waals surface area (Å²) in [5.74, 6) is 0.400. The molecule has 0 saturated carbocycles. The van der Waals surface area contributed by atoms with E-state index in [2.05, 4.69) is 20.2 Å². The molecule has 0 atom stereocenters. The van der Waals surface area contributed by atoms with Crippen LogP contribution in [-0.2, 0) is 23.0 Å². The number of hydrogen-bond acceptors (Lipinski definition) is 6. The smallest absolute Gasteiger partial charge is 0.240 e. The molecule has 0 bridgehead atoms. The first kappa shape index (κ1) is 14.6. The van der Waals surface area contributed by atoms with E-state index < -0.39 is 10.0 Å². The van der Waals surface area contributed by atoms with Crippen LogP contribution in [0.5, 0.6) is 0 Å². The topological polar surface area (TPSA) is 97.1 Å². The average molecular weight is 296 g/mol. The number of benzene rings is 1. The second-order valence-electron chi connectivity index (χ2n) is 4.16. The highest BCUT2D eigenvalue weighted by Crippen LogP contribution is 2.11. The largest absolute Gasteiger partial charge is 0.340 e. The first-order valence-corrected chi connectivity index (χ1v) is 7.59. The van der Waals surface area contributed by atoms with E-state index in [0.717, 1.165) is 5.56 Å². The van der Waals surface area contributed by atoms with Crippen LogP contribution in [0.15, 0.2) is 40.0 Å². The van der Waals surface area contributed by atoms with Crippen LogP contribution in [0.2, 0.25) is 0 Å². The fourth-order valence-electron chi connectivity index (χ4n) is 1.71. The van der Waals surface area contributed by atoms with Crippen molar-refractivity contribution >= 4 is 10.0 Å². The molecular formula is C12H16N4O3S. The molecule has 0 radical (unpaired) electrons. The predicted octanol–water partition coefficient (Wildman–Crippen LogP) is 0.310. The van der Waals surface area contributed by atoms with E-state index in [1.54, 1.807) is 18.2 Å². The van der Waals surface area contributed by atoms with E-state index in [1.165, 1.54) is 6.33 Å². The lowest BCUT2D eigenvalue weighted by molar-refractivity contribution is 0.377. The monoisotopic (exact) mass is 296 g/mol. The van der Waals surface area contributed by atoms with Crippen LogP contribution in [0, 0.1) is 0 Å². The molecule has 0 amide bonds. The number of sulfonamides is 1. The summed E-state index contributed by atoms with van der Waals surface area (Å²) in [6.07, 6.45) is 1.64. The molecule has 2 rings (SSSR count). The van der Waals surface area contributed by atoms with Crippen molar-refractivity contribution in [3.63, 3.8) is 0 Å². The number of rotatable bonds is 7. The molecule has 0 fully saturated rings. The van der Waals surface area contributed by atoms with Gasteiger partial charge in [0.15, 0.2) is 6.33 Å². The van der Waals surface area contributed by atoms with Crippen LogP contribution >= 0.6 is 0 Å². The number of aromatic nitrogens is 2. The fourth-order valence-corrected chi connectivity index (χ4v) is 2.81. The van der Waals surface area contributed by atoms with Gasteiger partial charge in [-0.25, -0.2) is 13.1 Å². The molecule has 1 aromatic carbocycles. The first-order valence-electron chi connectivity index (χ1n) is 6.10. The molecule has 0 spiro atoms. The minimum absolute atomic E-state index is 0.209. The molecule has 0 unspecified atom stereocenters. The molecular weight excluding hydrogens is 280 g/mol. The van der Waals surface area contributed by atoms with Crippen molar-refractivity contribution in [2.45, 2.75) is 17.9 Å². The van der Waals surface area contributed by atoms with Crippen LogP contribution < -0.4 is 10.0 Å². The predicted molar refractivity (Wildman–Crippen MR) is 72.4 cm³/mol. The van der Waals surface area contributed by atoms with E-state index in [1.807, 2.05) is 13.1 Å². The third-order valence-electron chi connectivity index (χ3n) is 2.63. The van der Waals surface area contributed by atoms with Gasteiger partial charge in [0.1, 0.15) is 0 Å². The highest BCUT2D eigenvalue weighted by atomic mass is 32.2. The van der Waals surface area contributed by atoms with E-state index in [-0.39, 0.29) is 11.4 Å². The highest BCUT2D eigenvalue weighted by molar-refractivity contribution is 7.89. The quantitative estimate of drug-likeness (QED) is 0.763. The maximum absolute atomic E-state index is 12.1. The van der Waals surface area contributed by atoms with E-state index in [0.29, 0.717) is 18.9 Å². The zero-order valence-corrected chi connectivity index (χ0v) is 11.9. The van der Waals surface area contributed by atoms with Gasteiger partial charge in [-0.05, 0) is 24.7 Å². The summed E-state index contributed by atoms with van der Waals surface area (Å²) < 4.78 is 31.5. The molecule has 1 aromatic heterocycles. The van der Waals surface area contributed by atoms with Crippen molar-refractivity contribution in [1.29, 1.82) is 0 Å². The van der Waals surface area contributed by atoms with Gasteiger partial charge in [-0.2, -0.15) is 4.98 Å². The first-order chi connectivity index (χ1) is 9.62. The normalized spacial score (nSPS) is 11.7. The molecule has 108 valence electrons. The van der Waals surface area contributed by atoms with Crippen molar-refractivity contribution in [3.05, 3.63) is 42.0 Å². The Labute approximate surface area is 117 Å². The maximum atomic E-state index is 12.1. The Balaban J connectivity index is 2.00. The van der Waals surface area contributed by atoms with Gasteiger partial charge in [-0.1, -0.05) is 17.3 Å². The van der Waals surface area contributed by atoms with Gasteiger partial charge < -0.3 is 9.84 Å². The van der Waals surface area contributed by atoms with Crippen LogP contribution in [0.3, 0.4) is 0 Å². The minimum Gasteiger partial charge on any atom is -0.340 e. The highest BCUT2D eigenvalue weighted by Gasteiger charge is 2.14. The van der Waals surface area contributed by atoms with E-state index in [9.17, 15) is 8.42 Å². The Morgan fingerprint density at radius 3 is 2.90 bits per heavy atom. The lowest BCUT2D eigenvalue weighted by atomic mass is 10.2. The Bertz CT molecular complexity index is 640. The summed E-state index contributed by atoms with van der Waals surface area (Å²) in [5.41, 5.74) is 0.910. The summed E-state index contributed by atoms with van der Waals surface area (Å²) in [5, 5.41) is 6.44. The SMILES string of the molecule is CNCc1cccc(S(=O)(=O)NCCc2ncno2)c1. The summed E-state index contributed by atoms with van der Waals surface area (Å²) in [4.78, 5) is 4.07. The van der Waals surface area contributed by atoms with Crippen LogP contribution in [0.25, 0.3) is 0 Å². The fraction of sp³-hybridized carbons (Fsp3) is 0.333. The third kappa shape index (κ3) is 3.86. The van der Waals surface area contributed by atoms with Gasteiger partial charge in [0.05, 0.1) is 4.90 Å². The summed E-state index contributed by atoms with van der Waals surface area (Å²) in [6.45, 7) is 0.826. The van der Waals surface area contributed by atoms with Crippen LogP contribution in [-0.4, -0.2) is 32.2 Å². The summed E-state index contributed by atoms with van der Waals surface area (Å²) in [6, 6.07) is 6.80. The Morgan fingerprint density at radius 2 is 2.20 bits per heavy atom. The summed E-state index contributed by atoms with van der Waals surface area (Å²) >= 11 is 0.